The third kappa shape index (κ3) is 4.94. The molecule has 1 unspecified atom stereocenters. The van der Waals surface area contributed by atoms with Crippen LogP contribution in [0.15, 0.2) is 47.6 Å². The van der Waals surface area contributed by atoms with Crippen LogP contribution in [0, 0.1) is 5.92 Å². The minimum atomic E-state index is -3.75. The number of fused-ring (bicyclic) bond motifs is 1. The van der Waals surface area contributed by atoms with Gasteiger partial charge in [-0.15, -0.1) is 0 Å². The Labute approximate surface area is 182 Å². The third-order valence-corrected chi connectivity index (χ3v) is 7.06. The molecule has 4 rings (SSSR count). The molecule has 0 spiro atoms. The number of carbonyl (C=O) groups excluding carboxylic acids is 2. The lowest BCUT2D eigenvalue weighted by Gasteiger charge is -2.22. The predicted octanol–water partition coefficient (Wildman–Crippen LogP) is 1.75. The Kier molecular flexibility index (Phi) is 6.06. The SMILES string of the molecule is CC1Cc2cc(S(=O)(=O)NCCC(=O)NCc3cccnc3)ccc2N1C(=O)C1CC1. The van der Waals surface area contributed by atoms with E-state index in [1.54, 1.807) is 30.6 Å². The highest BCUT2D eigenvalue weighted by atomic mass is 32.2. The summed E-state index contributed by atoms with van der Waals surface area (Å²) in [7, 11) is -3.75. The third-order valence-electron chi connectivity index (χ3n) is 5.60. The molecule has 9 heteroatoms. The second-order valence-electron chi connectivity index (χ2n) is 8.11. The minimum absolute atomic E-state index is 0.000977. The number of rotatable bonds is 8. The second-order valence-corrected chi connectivity index (χ2v) is 9.88. The Morgan fingerprint density at radius 1 is 1.23 bits per heavy atom. The zero-order chi connectivity index (χ0) is 22.0. The molecule has 2 amide bonds. The molecule has 31 heavy (non-hydrogen) atoms. The van der Waals surface area contributed by atoms with E-state index >= 15 is 0 Å². The Morgan fingerprint density at radius 3 is 2.74 bits per heavy atom. The number of hydrogen-bond acceptors (Lipinski definition) is 5. The molecule has 1 aromatic carbocycles. The summed E-state index contributed by atoms with van der Waals surface area (Å²) in [5.74, 6) is 0.00335. The van der Waals surface area contributed by atoms with Gasteiger partial charge in [0.05, 0.1) is 4.90 Å². The summed E-state index contributed by atoms with van der Waals surface area (Å²) in [6, 6.07) is 8.54. The Bertz CT molecular complexity index is 1080. The van der Waals surface area contributed by atoms with Crippen LogP contribution >= 0.6 is 0 Å². The Balaban J connectivity index is 1.33. The molecule has 0 radical (unpaired) electrons. The lowest BCUT2D eigenvalue weighted by atomic mass is 10.1. The van der Waals surface area contributed by atoms with Gasteiger partial charge in [-0.1, -0.05) is 6.07 Å². The molecule has 1 fully saturated rings. The first-order valence-electron chi connectivity index (χ1n) is 10.5. The molecule has 2 aliphatic rings. The average molecular weight is 443 g/mol. The van der Waals surface area contributed by atoms with Gasteiger partial charge in [0, 0.05) is 49.6 Å². The molecule has 8 nitrogen and oxygen atoms in total. The predicted molar refractivity (Wildman–Crippen MR) is 116 cm³/mol. The average Bonchev–Trinajstić information content (AvgIpc) is 3.54. The van der Waals surface area contributed by atoms with Crippen LogP contribution in [0.4, 0.5) is 5.69 Å². The number of carbonyl (C=O) groups is 2. The number of benzene rings is 1. The van der Waals surface area contributed by atoms with Crippen molar-refractivity contribution in [2.24, 2.45) is 5.92 Å². The van der Waals surface area contributed by atoms with Crippen molar-refractivity contribution >= 4 is 27.5 Å². The van der Waals surface area contributed by atoms with Gasteiger partial charge in [-0.3, -0.25) is 14.6 Å². The summed E-state index contributed by atoms with van der Waals surface area (Å²) in [6.07, 6.45) is 5.85. The number of sulfonamides is 1. The Hall–Kier alpha value is -2.78. The maximum Gasteiger partial charge on any atom is 0.240 e. The zero-order valence-electron chi connectivity index (χ0n) is 17.4. The van der Waals surface area contributed by atoms with Crippen LogP contribution in [0.1, 0.15) is 37.3 Å². The van der Waals surface area contributed by atoms with E-state index in [0.717, 1.165) is 29.7 Å². The Morgan fingerprint density at radius 2 is 2.03 bits per heavy atom. The van der Waals surface area contributed by atoms with Gasteiger partial charge in [-0.05, 0) is 61.6 Å². The molecule has 1 saturated carbocycles. The first-order chi connectivity index (χ1) is 14.8. The number of nitrogens with one attached hydrogen (secondary N) is 2. The normalized spacial score (nSPS) is 18.0. The highest BCUT2D eigenvalue weighted by Gasteiger charge is 2.39. The summed E-state index contributed by atoms with van der Waals surface area (Å²) >= 11 is 0. The quantitative estimate of drug-likeness (QED) is 0.648. The van der Waals surface area contributed by atoms with Gasteiger partial charge in [-0.2, -0.15) is 0 Å². The number of pyridine rings is 1. The lowest BCUT2D eigenvalue weighted by Crippen LogP contribution is -2.36. The molecule has 1 atom stereocenters. The highest BCUT2D eigenvalue weighted by Crippen LogP contribution is 2.39. The van der Waals surface area contributed by atoms with Crippen molar-refractivity contribution in [3.63, 3.8) is 0 Å². The number of amides is 2. The zero-order valence-corrected chi connectivity index (χ0v) is 18.2. The van der Waals surface area contributed by atoms with Crippen LogP contribution in [0.5, 0.6) is 0 Å². The van der Waals surface area contributed by atoms with Crippen LogP contribution in [-0.4, -0.2) is 37.8 Å². The number of aromatic nitrogens is 1. The van der Waals surface area contributed by atoms with E-state index in [1.165, 1.54) is 6.07 Å². The maximum atomic E-state index is 12.7. The van der Waals surface area contributed by atoms with Crippen molar-refractivity contribution < 1.29 is 18.0 Å². The molecule has 0 bridgehead atoms. The van der Waals surface area contributed by atoms with E-state index in [2.05, 4.69) is 15.0 Å². The van der Waals surface area contributed by atoms with Crippen molar-refractivity contribution in [1.82, 2.24) is 15.0 Å². The number of hydrogen-bond donors (Lipinski definition) is 2. The summed E-state index contributed by atoms with van der Waals surface area (Å²) in [4.78, 5) is 30.5. The van der Waals surface area contributed by atoms with Gasteiger partial charge in [-0.25, -0.2) is 13.1 Å². The molecule has 1 aromatic heterocycles. The molecule has 2 heterocycles. The largest absolute Gasteiger partial charge is 0.352 e. The smallest absolute Gasteiger partial charge is 0.240 e. The van der Waals surface area contributed by atoms with E-state index in [-0.39, 0.29) is 41.6 Å². The maximum absolute atomic E-state index is 12.7. The van der Waals surface area contributed by atoms with Crippen molar-refractivity contribution in [3.05, 3.63) is 53.9 Å². The fourth-order valence-corrected chi connectivity index (χ4v) is 4.89. The van der Waals surface area contributed by atoms with Crippen molar-refractivity contribution in [1.29, 1.82) is 0 Å². The summed E-state index contributed by atoms with van der Waals surface area (Å²) < 4.78 is 27.8. The second kappa shape index (κ2) is 8.76. The first kappa shape index (κ1) is 21.5. The van der Waals surface area contributed by atoms with E-state index in [9.17, 15) is 18.0 Å². The van der Waals surface area contributed by atoms with Crippen molar-refractivity contribution in [2.45, 2.75) is 50.1 Å². The molecule has 2 aromatic rings. The van der Waals surface area contributed by atoms with Gasteiger partial charge in [0.25, 0.3) is 0 Å². The van der Waals surface area contributed by atoms with Crippen LogP contribution in [0.25, 0.3) is 0 Å². The van der Waals surface area contributed by atoms with Crippen molar-refractivity contribution in [2.75, 3.05) is 11.4 Å². The topological polar surface area (TPSA) is 108 Å². The monoisotopic (exact) mass is 442 g/mol. The van der Waals surface area contributed by atoms with Gasteiger partial charge < -0.3 is 10.2 Å². The highest BCUT2D eigenvalue weighted by molar-refractivity contribution is 7.89. The number of anilines is 1. The summed E-state index contributed by atoms with van der Waals surface area (Å²) in [5, 5.41) is 2.74. The van der Waals surface area contributed by atoms with Crippen molar-refractivity contribution in [3.8, 4) is 0 Å². The standard InChI is InChI=1S/C22H26N4O4S/c1-15-11-18-12-19(6-7-20(18)26(15)22(28)17-4-5-17)31(29,30)25-10-8-21(27)24-14-16-3-2-9-23-13-16/h2-3,6-7,9,12-13,15,17,25H,4-5,8,10-11,14H2,1H3,(H,24,27). The van der Waals surface area contributed by atoms with E-state index in [1.807, 2.05) is 17.9 Å². The first-order valence-corrected chi connectivity index (χ1v) is 11.9. The van der Waals surface area contributed by atoms with E-state index < -0.39 is 10.0 Å². The number of nitrogens with zero attached hydrogens (tertiary/aromatic N) is 2. The van der Waals surface area contributed by atoms with E-state index in [4.69, 9.17) is 0 Å². The molecule has 1 aliphatic carbocycles. The van der Waals surface area contributed by atoms with Gasteiger partial charge in [0.2, 0.25) is 21.8 Å². The van der Waals surface area contributed by atoms with Gasteiger partial charge >= 0.3 is 0 Å². The lowest BCUT2D eigenvalue weighted by molar-refractivity contribution is -0.121. The fraction of sp³-hybridized carbons (Fsp3) is 0.409. The van der Waals surface area contributed by atoms with Crippen LogP contribution < -0.4 is 14.9 Å². The molecule has 164 valence electrons. The molecular weight excluding hydrogens is 416 g/mol. The molecular formula is C22H26N4O4S. The minimum Gasteiger partial charge on any atom is -0.352 e. The molecule has 1 aliphatic heterocycles. The molecule has 2 N–H and O–H groups in total. The fourth-order valence-electron chi connectivity index (χ4n) is 3.81. The summed E-state index contributed by atoms with van der Waals surface area (Å²) in [5.41, 5.74) is 2.54. The van der Waals surface area contributed by atoms with Gasteiger partial charge in [0.15, 0.2) is 0 Å². The van der Waals surface area contributed by atoms with Crippen LogP contribution in [0.3, 0.4) is 0 Å². The van der Waals surface area contributed by atoms with E-state index in [0.29, 0.717) is 13.0 Å². The van der Waals surface area contributed by atoms with Gasteiger partial charge in [0.1, 0.15) is 0 Å². The van der Waals surface area contributed by atoms with Crippen LogP contribution in [0.2, 0.25) is 0 Å². The van der Waals surface area contributed by atoms with Crippen LogP contribution in [-0.2, 0) is 32.6 Å². The summed E-state index contributed by atoms with van der Waals surface area (Å²) in [6.45, 7) is 2.33. The molecule has 0 saturated heterocycles.